The van der Waals surface area contributed by atoms with E-state index in [1.165, 1.54) is 6.26 Å². The fourth-order valence-corrected chi connectivity index (χ4v) is 6.04. The molecule has 0 radical (unpaired) electrons. The van der Waals surface area contributed by atoms with Crippen LogP contribution in [0.1, 0.15) is 56.1 Å². The Hall–Kier alpha value is -3.07. The van der Waals surface area contributed by atoms with E-state index in [0.717, 1.165) is 18.5 Å². The smallest absolute Gasteiger partial charge is 0.437 e. The summed E-state index contributed by atoms with van der Waals surface area (Å²) in [5.74, 6) is -2.90. The lowest BCUT2D eigenvalue weighted by molar-refractivity contribution is -0.157. The summed E-state index contributed by atoms with van der Waals surface area (Å²) in [6, 6.07) is 8.83. The first-order valence-electron chi connectivity index (χ1n) is 12.3. The van der Waals surface area contributed by atoms with Crippen LogP contribution >= 0.6 is 0 Å². The number of nitrogens with one attached hydrogen (secondary N) is 1. The predicted octanol–water partition coefficient (Wildman–Crippen LogP) is 4.04. The Morgan fingerprint density at radius 3 is 2.41 bits per heavy atom. The largest absolute Gasteiger partial charge is 0.468 e. The maximum Gasteiger partial charge on any atom is 0.468 e. The van der Waals surface area contributed by atoms with Gasteiger partial charge in [0.15, 0.2) is 9.84 Å². The van der Waals surface area contributed by atoms with E-state index in [1.807, 2.05) is 4.90 Å². The Labute approximate surface area is 212 Å². The lowest BCUT2D eigenvalue weighted by Gasteiger charge is -2.39. The topological polar surface area (TPSA) is 116 Å². The zero-order valence-corrected chi connectivity index (χ0v) is 21.0. The summed E-state index contributed by atoms with van der Waals surface area (Å²) in [6.07, 6.45) is -0.0375. The van der Waals surface area contributed by atoms with Gasteiger partial charge in [-0.3, -0.25) is 4.79 Å². The van der Waals surface area contributed by atoms with Crippen LogP contribution in [0.15, 0.2) is 28.7 Å². The molecule has 1 aromatic heterocycles. The molecule has 0 bridgehead atoms. The quantitative estimate of drug-likeness (QED) is 0.592. The van der Waals surface area contributed by atoms with Crippen molar-refractivity contribution in [2.24, 2.45) is 5.92 Å². The van der Waals surface area contributed by atoms with Crippen LogP contribution in [0.5, 0.6) is 0 Å². The van der Waals surface area contributed by atoms with Gasteiger partial charge in [-0.2, -0.15) is 18.4 Å². The maximum absolute atomic E-state index is 13.6. The van der Waals surface area contributed by atoms with E-state index in [4.69, 9.17) is 4.42 Å². The summed E-state index contributed by atoms with van der Waals surface area (Å²) in [7, 11) is -3.13. The average Bonchev–Trinajstić information content (AvgIpc) is 3.42. The normalized spacial score (nSPS) is 23.7. The summed E-state index contributed by atoms with van der Waals surface area (Å²) in [4.78, 5) is 18.8. The zero-order chi connectivity index (χ0) is 26.6. The number of alkyl halides is 3. The first-order valence-corrected chi connectivity index (χ1v) is 14.2. The fourth-order valence-electron chi connectivity index (χ4n) is 5.14. The fraction of sp³-hybridized carbons (Fsp3) is 0.560. The van der Waals surface area contributed by atoms with Gasteiger partial charge >= 0.3 is 12.1 Å². The molecule has 37 heavy (non-hydrogen) atoms. The molecular weight excluding hydrogens is 509 g/mol. The zero-order valence-electron chi connectivity index (χ0n) is 20.2. The number of benzene rings is 1. The first kappa shape index (κ1) is 25.6. The Balaban J connectivity index is 1.44. The van der Waals surface area contributed by atoms with Gasteiger partial charge in [0.05, 0.1) is 11.3 Å². The summed E-state index contributed by atoms with van der Waals surface area (Å²) >= 11 is 0. The molecule has 1 aromatic carbocycles. The summed E-state index contributed by atoms with van der Waals surface area (Å²) in [5, 5.41) is 11.7. The van der Waals surface area contributed by atoms with E-state index in [1.54, 1.807) is 24.3 Å². The number of halogens is 3. The van der Waals surface area contributed by atoms with Gasteiger partial charge in [-0.15, -0.1) is 0 Å². The van der Waals surface area contributed by atoms with Crippen LogP contribution in [-0.2, 0) is 20.8 Å². The number of sulfone groups is 1. The number of nitrogens with zero attached hydrogens (tertiary/aromatic N) is 3. The third-order valence-corrected chi connectivity index (χ3v) is 9.13. The van der Waals surface area contributed by atoms with Crippen LogP contribution in [0, 0.1) is 17.2 Å². The summed E-state index contributed by atoms with van der Waals surface area (Å²) in [5.41, 5.74) is 0.343. The molecule has 1 amide bonds. The predicted molar refractivity (Wildman–Crippen MR) is 128 cm³/mol. The van der Waals surface area contributed by atoms with Gasteiger partial charge in [-0.05, 0) is 37.8 Å². The molecule has 2 saturated carbocycles. The van der Waals surface area contributed by atoms with Crippen molar-refractivity contribution >= 4 is 21.4 Å². The number of oxazole rings is 1. The standard InChI is InChI=1S/C25H27F3N4O4S/c1-37(34,35)17-12-32(13-17)16-8-6-15(7-9-16)20-21(36-23(30-20)25(26,27)28)18-4-2-3-5-19(18)22(33)31-24(14-29)10-11-24/h6-9,17-19H,2-5,10-13H2,1H3,(H,31,33). The van der Waals surface area contributed by atoms with Crippen molar-refractivity contribution in [1.82, 2.24) is 10.3 Å². The van der Waals surface area contributed by atoms with Crippen LogP contribution < -0.4 is 10.2 Å². The molecule has 5 rings (SSSR count). The minimum Gasteiger partial charge on any atom is -0.437 e. The number of nitriles is 1. The Morgan fingerprint density at radius 2 is 1.84 bits per heavy atom. The third-order valence-electron chi connectivity index (χ3n) is 7.62. The molecule has 1 saturated heterocycles. The molecule has 198 valence electrons. The van der Waals surface area contributed by atoms with Crippen molar-refractivity contribution in [3.8, 4) is 17.3 Å². The lowest BCUT2D eigenvalue weighted by Crippen LogP contribution is -2.54. The highest BCUT2D eigenvalue weighted by Crippen LogP contribution is 2.45. The van der Waals surface area contributed by atoms with Crippen LogP contribution in [0.3, 0.4) is 0 Å². The number of aromatic nitrogens is 1. The molecule has 2 heterocycles. The second-order valence-electron chi connectivity index (χ2n) is 10.3. The van der Waals surface area contributed by atoms with E-state index < -0.39 is 44.5 Å². The first-order chi connectivity index (χ1) is 17.4. The van der Waals surface area contributed by atoms with Crippen LogP contribution in [0.25, 0.3) is 11.3 Å². The van der Waals surface area contributed by atoms with Crippen molar-refractivity contribution in [2.45, 2.75) is 61.4 Å². The van der Waals surface area contributed by atoms with Crippen molar-refractivity contribution in [2.75, 3.05) is 24.2 Å². The Morgan fingerprint density at radius 1 is 1.19 bits per heavy atom. The van der Waals surface area contributed by atoms with E-state index in [2.05, 4.69) is 16.4 Å². The summed E-state index contributed by atoms with van der Waals surface area (Å²) in [6.45, 7) is 0.712. The van der Waals surface area contributed by atoms with Gasteiger partial charge in [0.1, 0.15) is 17.0 Å². The van der Waals surface area contributed by atoms with Crippen molar-refractivity contribution in [3.63, 3.8) is 0 Å². The monoisotopic (exact) mass is 536 g/mol. The minimum atomic E-state index is -4.80. The second-order valence-corrected chi connectivity index (χ2v) is 12.6. The average molecular weight is 537 g/mol. The number of rotatable bonds is 6. The van der Waals surface area contributed by atoms with Gasteiger partial charge in [0, 0.05) is 42.4 Å². The number of amides is 1. The number of anilines is 1. The molecule has 2 aromatic rings. The molecular formula is C25H27F3N4O4S. The number of hydrogen-bond acceptors (Lipinski definition) is 7. The van der Waals surface area contributed by atoms with Gasteiger partial charge in [0.25, 0.3) is 0 Å². The molecule has 0 spiro atoms. The second kappa shape index (κ2) is 9.04. The lowest BCUT2D eigenvalue weighted by atomic mass is 9.76. The van der Waals surface area contributed by atoms with Crippen molar-refractivity contribution in [3.05, 3.63) is 35.9 Å². The number of carbonyl (C=O) groups is 1. The van der Waals surface area contributed by atoms with E-state index in [9.17, 15) is 31.6 Å². The molecule has 1 aliphatic heterocycles. The molecule has 2 unspecified atom stereocenters. The highest BCUT2D eigenvalue weighted by molar-refractivity contribution is 7.91. The van der Waals surface area contributed by atoms with Crippen molar-refractivity contribution in [1.29, 1.82) is 5.26 Å². The van der Waals surface area contributed by atoms with E-state index in [0.29, 0.717) is 44.3 Å². The SMILES string of the molecule is CS(=O)(=O)C1CN(c2ccc(-c3nc(C(F)(F)F)oc3C3CCCCC3C(=O)NC3(C#N)CC3)cc2)C1. The number of hydrogen-bond donors (Lipinski definition) is 1. The van der Waals surface area contributed by atoms with Gasteiger partial charge in [-0.25, -0.2) is 13.4 Å². The maximum atomic E-state index is 13.6. The van der Waals surface area contributed by atoms with Crippen LogP contribution in [0.2, 0.25) is 0 Å². The Kier molecular flexibility index (Phi) is 6.25. The Bertz CT molecular complexity index is 1340. The molecule has 3 aliphatic rings. The molecule has 1 N–H and O–H groups in total. The molecule has 8 nitrogen and oxygen atoms in total. The van der Waals surface area contributed by atoms with Gasteiger partial charge < -0.3 is 14.6 Å². The third kappa shape index (κ3) is 5.06. The molecule has 12 heteroatoms. The minimum absolute atomic E-state index is 0.0304. The van der Waals surface area contributed by atoms with Gasteiger partial charge in [0.2, 0.25) is 5.91 Å². The van der Waals surface area contributed by atoms with Gasteiger partial charge in [-0.1, -0.05) is 25.0 Å². The van der Waals surface area contributed by atoms with Crippen molar-refractivity contribution < 1.29 is 30.8 Å². The van der Waals surface area contributed by atoms with E-state index in [-0.39, 0.29) is 17.4 Å². The number of carbonyl (C=O) groups excluding carboxylic acids is 1. The van der Waals surface area contributed by atoms with Crippen LogP contribution in [-0.4, -0.2) is 49.4 Å². The molecule has 3 fully saturated rings. The highest BCUT2D eigenvalue weighted by Gasteiger charge is 2.48. The molecule has 2 aliphatic carbocycles. The van der Waals surface area contributed by atoms with E-state index >= 15 is 0 Å². The molecule has 2 atom stereocenters. The van der Waals surface area contributed by atoms with Crippen LogP contribution in [0.4, 0.5) is 18.9 Å². The summed E-state index contributed by atoms with van der Waals surface area (Å²) < 4.78 is 69.6. The highest BCUT2D eigenvalue weighted by atomic mass is 32.2.